The molecule has 0 bridgehead atoms. The number of benzene rings is 3. The van der Waals surface area contributed by atoms with Crippen molar-refractivity contribution >= 4 is 16.9 Å². The van der Waals surface area contributed by atoms with Gasteiger partial charge in [0.05, 0.1) is 30.1 Å². The maximum absolute atomic E-state index is 9.76. The van der Waals surface area contributed by atoms with E-state index in [2.05, 4.69) is 16.5 Å². The predicted molar refractivity (Wildman–Crippen MR) is 133 cm³/mol. The second kappa shape index (κ2) is 9.00. The van der Waals surface area contributed by atoms with E-state index in [9.17, 15) is 5.26 Å². The molecule has 0 aliphatic rings. The molecule has 0 saturated carbocycles. The van der Waals surface area contributed by atoms with Gasteiger partial charge in [-0.15, -0.1) is 0 Å². The van der Waals surface area contributed by atoms with Gasteiger partial charge in [0.25, 0.3) is 0 Å². The number of rotatable bonds is 6. The first-order valence-corrected chi connectivity index (χ1v) is 10.8. The minimum atomic E-state index is 0.472. The number of aryl methyl sites for hydroxylation is 1. The first-order chi connectivity index (χ1) is 16.7. The van der Waals surface area contributed by atoms with Crippen LogP contribution in [-0.2, 0) is 0 Å². The number of anilines is 2. The zero-order valence-corrected chi connectivity index (χ0v) is 18.8. The summed E-state index contributed by atoms with van der Waals surface area (Å²) in [5, 5.41) is 17.7. The van der Waals surface area contributed by atoms with E-state index in [1.807, 2.05) is 96.5 Å². The van der Waals surface area contributed by atoms with Crippen LogP contribution in [-0.4, -0.2) is 16.7 Å². The number of hydrogen-bond donors (Lipinski definition) is 1. The molecule has 5 rings (SSSR count). The molecule has 3 aromatic carbocycles. The summed E-state index contributed by atoms with van der Waals surface area (Å²) in [5.41, 5.74) is 6.01. The zero-order chi connectivity index (χ0) is 23.5. The predicted octanol–water partition coefficient (Wildman–Crippen LogP) is 6.73. The number of ether oxygens (including phenoxy) is 2. The Kier molecular flexibility index (Phi) is 5.59. The van der Waals surface area contributed by atoms with Crippen LogP contribution in [0.3, 0.4) is 0 Å². The third-order valence-corrected chi connectivity index (χ3v) is 5.68. The molecular weight excluding hydrogens is 424 g/mol. The number of nitrogens with one attached hydrogen (secondary N) is 1. The average Bonchev–Trinajstić information content (AvgIpc) is 3.22. The Morgan fingerprint density at radius 3 is 2.24 bits per heavy atom. The standard InChI is InChI=1S/C28H22N4O2/c1-19-26(20-8-12-23(33-2)13-9-20)18-32-28(19)27(21(16-29)17-30-32)31-22-10-14-25(15-11-22)34-24-6-4-3-5-7-24/h3-15,17-18,31H,1-2H3. The largest absolute Gasteiger partial charge is 0.497 e. The van der Waals surface area contributed by atoms with Gasteiger partial charge >= 0.3 is 0 Å². The Hall–Kier alpha value is -4.76. The lowest BCUT2D eigenvalue weighted by Crippen LogP contribution is -2.00. The SMILES string of the molecule is COc1ccc(-c2cn3ncc(C#N)c(Nc4ccc(Oc5ccccc5)cc4)c3c2C)cc1. The smallest absolute Gasteiger partial charge is 0.127 e. The Morgan fingerprint density at radius 2 is 1.56 bits per heavy atom. The third kappa shape index (κ3) is 4.03. The van der Waals surface area contributed by atoms with Crippen molar-refractivity contribution in [3.63, 3.8) is 0 Å². The Balaban J connectivity index is 1.49. The highest BCUT2D eigenvalue weighted by Gasteiger charge is 2.17. The number of nitrogens with zero attached hydrogens (tertiary/aromatic N) is 3. The van der Waals surface area contributed by atoms with Gasteiger partial charge in [-0.25, -0.2) is 4.52 Å². The fourth-order valence-corrected chi connectivity index (χ4v) is 3.94. The molecule has 0 radical (unpaired) electrons. The highest BCUT2D eigenvalue weighted by Crippen LogP contribution is 2.35. The quantitative estimate of drug-likeness (QED) is 0.313. The van der Waals surface area contributed by atoms with Gasteiger partial charge in [-0.1, -0.05) is 30.3 Å². The van der Waals surface area contributed by atoms with Crippen molar-refractivity contribution in [3.05, 3.63) is 102 Å². The topological polar surface area (TPSA) is 71.6 Å². The molecule has 6 heteroatoms. The molecule has 1 N–H and O–H groups in total. The van der Waals surface area contributed by atoms with Crippen LogP contribution >= 0.6 is 0 Å². The average molecular weight is 447 g/mol. The number of fused-ring (bicyclic) bond motifs is 1. The van der Waals surface area contributed by atoms with E-state index in [1.165, 1.54) is 0 Å². The van der Waals surface area contributed by atoms with Crippen LogP contribution in [0.25, 0.3) is 16.6 Å². The Labute approximate surface area is 197 Å². The van der Waals surface area contributed by atoms with Crippen LogP contribution in [0.2, 0.25) is 0 Å². The Bertz CT molecular complexity index is 1480. The van der Waals surface area contributed by atoms with E-state index in [4.69, 9.17) is 9.47 Å². The summed E-state index contributed by atoms with van der Waals surface area (Å²) < 4.78 is 13.0. The van der Waals surface area contributed by atoms with Crippen molar-refractivity contribution in [2.24, 2.45) is 0 Å². The minimum absolute atomic E-state index is 0.472. The molecule has 2 heterocycles. The van der Waals surface area contributed by atoms with Gasteiger partial charge < -0.3 is 14.8 Å². The highest BCUT2D eigenvalue weighted by atomic mass is 16.5. The minimum Gasteiger partial charge on any atom is -0.497 e. The zero-order valence-electron chi connectivity index (χ0n) is 18.8. The lowest BCUT2D eigenvalue weighted by atomic mass is 10.0. The molecule has 0 aliphatic heterocycles. The lowest BCUT2D eigenvalue weighted by Gasteiger charge is -2.12. The van der Waals surface area contributed by atoms with Crippen molar-refractivity contribution in [1.29, 1.82) is 5.26 Å². The first kappa shape index (κ1) is 21.1. The van der Waals surface area contributed by atoms with Gasteiger partial charge in [0, 0.05) is 17.4 Å². The van der Waals surface area contributed by atoms with Gasteiger partial charge in [0.2, 0.25) is 0 Å². The van der Waals surface area contributed by atoms with Crippen LogP contribution < -0.4 is 14.8 Å². The molecule has 0 amide bonds. The summed E-state index contributed by atoms with van der Waals surface area (Å²) in [6.07, 6.45) is 3.56. The summed E-state index contributed by atoms with van der Waals surface area (Å²) in [6, 6.07) is 27.5. The molecule has 166 valence electrons. The van der Waals surface area contributed by atoms with Gasteiger partial charge in [-0.05, 0) is 66.6 Å². The molecule has 34 heavy (non-hydrogen) atoms. The molecule has 5 aromatic rings. The second-order valence-corrected chi connectivity index (χ2v) is 7.80. The number of aromatic nitrogens is 2. The molecule has 0 aliphatic carbocycles. The monoisotopic (exact) mass is 446 g/mol. The summed E-state index contributed by atoms with van der Waals surface area (Å²) in [6.45, 7) is 2.04. The number of hydrogen-bond acceptors (Lipinski definition) is 5. The Morgan fingerprint density at radius 1 is 0.882 bits per heavy atom. The normalized spacial score (nSPS) is 10.6. The van der Waals surface area contributed by atoms with E-state index < -0.39 is 0 Å². The fourth-order valence-electron chi connectivity index (χ4n) is 3.94. The number of nitriles is 1. The number of para-hydroxylation sites is 1. The fraction of sp³-hybridized carbons (Fsp3) is 0.0714. The highest BCUT2D eigenvalue weighted by molar-refractivity contribution is 5.89. The molecule has 0 spiro atoms. The van der Waals surface area contributed by atoms with Crippen molar-refractivity contribution in [3.8, 4) is 34.4 Å². The van der Waals surface area contributed by atoms with Crippen LogP contribution in [0.15, 0.2) is 91.3 Å². The molecule has 6 nitrogen and oxygen atoms in total. The summed E-state index contributed by atoms with van der Waals surface area (Å²) >= 11 is 0. The third-order valence-electron chi connectivity index (χ3n) is 5.68. The van der Waals surface area contributed by atoms with E-state index in [-0.39, 0.29) is 0 Å². The molecule has 0 fully saturated rings. The van der Waals surface area contributed by atoms with Gasteiger partial charge in [-0.2, -0.15) is 10.4 Å². The van der Waals surface area contributed by atoms with Gasteiger partial charge in [0.1, 0.15) is 23.3 Å². The second-order valence-electron chi connectivity index (χ2n) is 7.80. The van der Waals surface area contributed by atoms with Crippen molar-refractivity contribution in [2.45, 2.75) is 6.92 Å². The summed E-state index contributed by atoms with van der Waals surface area (Å²) in [4.78, 5) is 0. The molecule has 0 unspecified atom stereocenters. The van der Waals surface area contributed by atoms with E-state index in [0.29, 0.717) is 11.3 Å². The molecular formula is C28H22N4O2. The van der Waals surface area contributed by atoms with E-state index >= 15 is 0 Å². The van der Waals surface area contributed by atoms with Gasteiger partial charge in [0.15, 0.2) is 0 Å². The van der Waals surface area contributed by atoms with E-state index in [0.717, 1.165) is 45.1 Å². The van der Waals surface area contributed by atoms with Gasteiger partial charge in [-0.3, -0.25) is 0 Å². The van der Waals surface area contributed by atoms with Crippen LogP contribution in [0, 0.1) is 18.3 Å². The van der Waals surface area contributed by atoms with Crippen LogP contribution in [0.1, 0.15) is 11.1 Å². The molecule has 0 saturated heterocycles. The maximum Gasteiger partial charge on any atom is 0.127 e. The molecule has 2 aromatic heterocycles. The first-order valence-electron chi connectivity index (χ1n) is 10.8. The van der Waals surface area contributed by atoms with Crippen molar-refractivity contribution in [2.75, 3.05) is 12.4 Å². The van der Waals surface area contributed by atoms with Crippen molar-refractivity contribution < 1.29 is 9.47 Å². The summed E-state index contributed by atoms with van der Waals surface area (Å²) in [7, 11) is 1.65. The number of methoxy groups -OCH3 is 1. The van der Waals surface area contributed by atoms with Crippen LogP contribution in [0.5, 0.6) is 17.2 Å². The van der Waals surface area contributed by atoms with E-state index in [1.54, 1.807) is 13.3 Å². The van der Waals surface area contributed by atoms with Crippen molar-refractivity contribution in [1.82, 2.24) is 9.61 Å². The lowest BCUT2D eigenvalue weighted by molar-refractivity contribution is 0.415. The molecule has 0 atom stereocenters. The maximum atomic E-state index is 9.76. The van der Waals surface area contributed by atoms with Crippen LogP contribution in [0.4, 0.5) is 11.4 Å². The summed E-state index contributed by atoms with van der Waals surface area (Å²) in [5.74, 6) is 2.32.